The molecule has 8 heteroatoms. The number of carbonyl (C=O) groups excluding carboxylic acids is 1. The molecule has 2 saturated heterocycles. The van der Waals surface area contributed by atoms with E-state index in [1.807, 2.05) is 0 Å². The van der Waals surface area contributed by atoms with E-state index in [1.54, 1.807) is 13.8 Å². The second-order valence-electron chi connectivity index (χ2n) is 8.49. The summed E-state index contributed by atoms with van der Waals surface area (Å²) in [5.41, 5.74) is 0. The fourth-order valence-corrected chi connectivity index (χ4v) is 4.29. The lowest BCUT2D eigenvalue weighted by Crippen LogP contribution is -2.61. The summed E-state index contributed by atoms with van der Waals surface area (Å²) < 4.78 is 23.7. The van der Waals surface area contributed by atoms with E-state index < -0.39 is 50.6 Å². The Morgan fingerprint density at radius 1 is 1.29 bits per heavy atom. The van der Waals surface area contributed by atoms with Gasteiger partial charge in [0.1, 0.15) is 18.3 Å². The third kappa shape index (κ3) is 3.88. The molecular weight excluding hydrogens is 396 g/mol. The number of rotatable bonds is 4. The number of aliphatic hydroxyl groups is 1. The Hall–Kier alpha value is 0.00688. The Morgan fingerprint density at radius 3 is 2.33 bits per heavy atom. The number of fused-ring (bicyclic) bond motifs is 1. The predicted octanol–water partition coefficient (Wildman–Crippen LogP) is 2.58. The van der Waals surface area contributed by atoms with E-state index in [1.165, 1.54) is 0 Å². The van der Waals surface area contributed by atoms with Gasteiger partial charge in [0.25, 0.3) is 0 Å². The van der Waals surface area contributed by atoms with E-state index in [-0.39, 0.29) is 10.4 Å². The van der Waals surface area contributed by atoms with Crippen molar-refractivity contribution in [2.45, 2.75) is 89.1 Å². The largest absolute Gasteiger partial charge is 0.455 e. The monoisotopic (exact) mass is 424 g/mol. The van der Waals surface area contributed by atoms with Crippen molar-refractivity contribution >= 4 is 30.2 Å². The summed E-state index contributed by atoms with van der Waals surface area (Å²) in [7, 11) is -2.21. The van der Waals surface area contributed by atoms with Gasteiger partial charge in [-0.25, -0.2) is 4.79 Å². The Kier molecular flexibility index (Phi) is 5.61. The van der Waals surface area contributed by atoms with Crippen LogP contribution in [0.25, 0.3) is 0 Å². The van der Waals surface area contributed by atoms with Crippen LogP contribution in [0.1, 0.15) is 34.6 Å². The molecule has 2 fully saturated rings. The Bertz CT molecular complexity index is 489. The maximum absolute atomic E-state index is 12.6. The van der Waals surface area contributed by atoms with Crippen LogP contribution in [0.2, 0.25) is 18.1 Å². The third-order valence-corrected chi connectivity index (χ3v) is 10.2. The molecule has 0 saturated carbocycles. The van der Waals surface area contributed by atoms with Gasteiger partial charge in [-0.3, -0.25) is 0 Å². The highest BCUT2D eigenvalue weighted by Gasteiger charge is 2.59. The van der Waals surface area contributed by atoms with E-state index >= 15 is 0 Å². The molecule has 0 spiro atoms. The first-order valence-corrected chi connectivity index (χ1v) is 12.3. The summed E-state index contributed by atoms with van der Waals surface area (Å²) in [6, 6.07) is 0. The Morgan fingerprint density at radius 2 is 1.83 bits per heavy atom. The van der Waals surface area contributed by atoms with Gasteiger partial charge in [-0.15, -0.1) is 0 Å². The molecule has 5 atom stereocenters. The molecule has 2 rings (SSSR count). The highest BCUT2D eigenvalue weighted by molar-refractivity contribution is 9.09. The molecule has 0 bridgehead atoms. The van der Waals surface area contributed by atoms with Crippen LogP contribution >= 0.6 is 15.9 Å². The molecule has 2 aliphatic heterocycles. The molecule has 140 valence electrons. The van der Waals surface area contributed by atoms with E-state index in [4.69, 9.17) is 18.6 Å². The van der Waals surface area contributed by atoms with E-state index in [0.29, 0.717) is 0 Å². The van der Waals surface area contributed by atoms with Crippen LogP contribution in [0, 0.1) is 0 Å². The van der Waals surface area contributed by atoms with Crippen LogP contribution in [0.3, 0.4) is 0 Å². The number of alkyl halides is 1. The maximum Gasteiger partial charge on any atom is 0.337 e. The molecule has 6 nitrogen and oxygen atoms in total. The van der Waals surface area contributed by atoms with Gasteiger partial charge in [0, 0.05) is 5.33 Å². The van der Waals surface area contributed by atoms with Crippen molar-refractivity contribution in [1.82, 2.24) is 0 Å². The zero-order valence-electron chi connectivity index (χ0n) is 15.5. The molecule has 0 amide bonds. The normalized spacial score (nSPS) is 34.6. The first kappa shape index (κ1) is 20.3. The highest BCUT2D eigenvalue weighted by atomic mass is 79.9. The zero-order valence-corrected chi connectivity index (χ0v) is 18.0. The van der Waals surface area contributed by atoms with Gasteiger partial charge in [-0.2, -0.15) is 0 Å². The Labute approximate surface area is 153 Å². The summed E-state index contributed by atoms with van der Waals surface area (Å²) >= 11 is 3.22. The molecule has 0 radical (unpaired) electrons. The van der Waals surface area contributed by atoms with Gasteiger partial charge in [0.05, 0.1) is 0 Å². The standard InChI is InChI=1S/C16H29BrO6Si/c1-15(2,3)24(6,7)23-13-12-11(21-16(4,5)22-12)10(9(18)8-17)20-14(13)19/h9-13,18H,8H2,1-7H3/t9-,10+,11-,12-,13-/m1/s1. The number of hydrogen-bond acceptors (Lipinski definition) is 6. The van der Waals surface area contributed by atoms with Crippen molar-refractivity contribution in [2.24, 2.45) is 0 Å². The summed E-state index contributed by atoms with van der Waals surface area (Å²) in [6.45, 7) is 14.1. The fraction of sp³-hybridized carbons (Fsp3) is 0.938. The summed E-state index contributed by atoms with van der Waals surface area (Å²) in [6.07, 6.45) is -3.62. The summed E-state index contributed by atoms with van der Waals surface area (Å²) in [5, 5.41) is 10.4. The van der Waals surface area contributed by atoms with Crippen molar-refractivity contribution in [2.75, 3.05) is 5.33 Å². The van der Waals surface area contributed by atoms with E-state index in [2.05, 4.69) is 49.8 Å². The zero-order chi connectivity index (χ0) is 18.5. The minimum atomic E-state index is -2.21. The first-order chi connectivity index (χ1) is 10.8. The molecule has 1 N–H and O–H groups in total. The van der Waals surface area contributed by atoms with Crippen LogP contribution in [0.4, 0.5) is 0 Å². The summed E-state index contributed by atoms with van der Waals surface area (Å²) in [4.78, 5) is 12.6. The lowest BCUT2D eigenvalue weighted by molar-refractivity contribution is -0.194. The fourth-order valence-electron chi connectivity index (χ4n) is 2.70. The number of ether oxygens (including phenoxy) is 3. The SMILES string of the molecule is CC1(C)O[C@@H]2[C@H]([C@H](O)CBr)OC(=O)[C@H](O[Si](C)(C)C(C)(C)C)[C@@H]2O1. The number of halogens is 1. The number of esters is 1. The molecule has 0 aromatic carbocycles. The third-order valence-electron chi connectivity index (χ3n) is 5.04. The first-order valence-electron chi connectivity index (χ1n) is 8.27. The summed E-state index contributed by atoms with van der Waals surface area (Å²) in [5.74, 6) is -1.35. The quantitative estimate of drug-likeness (QED) is 0.424. The second-order valence-corrected chi connectivity index (χ2v) is 13.9. The van der Waals surface area contributed by atoms with Crippen molar-refractivity contribution in [1.29, 1.82) is 0 Å². The van der Waals surface area contributed by atoms with Crippen molar-refractivity contribution < 1.29 is 28.5 Å². The molecule has 0 aromatic rings. The number of aliphatic hydroxyl groups excluding tert-OH is 1. The average Bonchev–Trinajstić information content (AvgIpc) is 2.75. The topological polar surface area (TPSA) is 74.2 Å². The van der Waals surface area contributed by atoms with Crippen LogP contribution < -0.4 is 0 Å². The minimum absolute atomic E-state index is 0.0516. The Balaban J connectivity index is 2.29. The van der Waals surface area contributed by atoms with Gasteiger partial charge >= 0.3 is 5.97 Å². The molecule has 24 heavy (non-hydrogen) atoms. The molecule has 2 heterocycles. The molecule has 0 aromatic heterocycles. The van der Waals surface area contributed by atoms with Crippen molar-refractivity contribution in [3.8, 4) is 0 Å². The van der Waals surface area contributed by atoms with E-state index in [9.17, 15) is 9.90 Å². The van der Waals surface area contributed by atoms with E-state index in [0.717, 1.165) is 0 Å². The predicted molar refractivity (Wildman–Crippen MR) is 95.6 cm³/mol. The minimum Gasteiger partial charge on any atom is -0.455 e. The van der Waals surface area contributed by atoms with Crippen LogP contribution in [0.15, 0.2) is 0 Å². The molecule has 0 unspecified atom stereocenters. The lowest BCUT2D eigenvalue weighted by atomic mass is 9.97. The second kappa shape index (κ2) is 6.63. The molecule has 0 aliphatic carbocycles. The molecular formula is C16H29BrO6Si. The van der Waals surface area contributed by atoms with Crippen molar-refractivity contribution in [3.63, 3.8) is 0 Å². The number of carbonyl (C=O) groups is 1. The van der Waals surface area contributed by atoms with Gasteiger partial charge < -0.3 is 23.7 Å². The average molecular weight is 425 g/mol. The van der Waals surface area contributed by atoms with Crippen LogP contribution in [0.5, 0.6) is 0 Å². The van der Waals surface area contributed by atoms with Crippen LogP contribution in [-0.4, -0.2) is 61.0 Å². The van der Waals surface area contributed by atoms with Gasteiger partial charge in [0.2, 0.25) is 0 Å². The van der Waals surface area contributed by atoms with Gasteiger partial charge in [-0.05, 0) is 32.0 Å². The highest BCUT2D eigenvalue weighted by Crippen LogP contribution is 2.42. The van der Waals surface area contributed by atoms with Gasteiger partial charge in [0.15, 0.2) is 26.3 Å². The van der Waals surface area contributed by atoms with Crippen molar-refractivity contribution in [3.05, 3.63) is 0 Å². The van der Waals surface area contributed by atoms with Crippen LogP contribution in [-0.2, 0) is 23.4 Å². The number of hydrogen-bond donors (Lipinski definition) is 1. The lowest BCUT2D eigenvalue weighted by Gasteiger charge is -2.43. The number of cyclic esters (lactones) is 1. The smallest absolute Gasteiger partial charge is 0.337 e. The molecule has 2 aliphatic rings. The van der Waals surface area contributed by atoms with Gasteiger partial charge in [-0.1, -0.05) is 36.7 Å². The maximum atomic E-state index is 12.6.